The van der Waals surface area contributed by atoms with E-state index in [1.807, 2.05) is 65.6 Å². The van der Waals surface area contributed by atoms with Crippen LogP contribution < -0.4 is 10.1 Å². The molecule has 188 valence electrons. The maximum Gasteiger partial charge on any atom is 0.261 e. The Kier molecular flexibility index (Phi) is 7.08. The van der Waals surface area contributed by atoms with Crippen LogP contribution in [0.5, 0.6) is 5.75 Å². The molecule has 2 amide bonds. The van der Waals surface area contributed by atoms with Gasteiger partial charge in [-0.25, -0.2) is 0 Å². The van der Waals surface area contributed by atoms with Crippen molar-refractivity contribution in [3.8, 4) is 5.75 Å². The van der Waals surface area contributed by atoms with E-state index in [-0.39, 0.29) is 17.9 Å². The number of benzene rings is 3. The zero-order valence-electron chi connectivity index (χ0n) is 21.0. The molecular formula is C31H30N2O4. The van der Waals surface area contributed by atoms with Gasteiger partial charge in [-0.15, -0.1) is 0 Å². The fourth-order valence-corrected chi connectivity index (χ4v) is 4.82. The number of hydrogen-bond donors (Lipinski definition) is 1. The Morgan fingerprint density at radius 1 is 1.03 bits per heavy atom. The van der Waals surface area contributed by atoms with Crippen LogP contribution in [0.25, 0.3) is 0 Å². The number of aryl methyl sites for hydroxylation is 1. The number of carbonyl (C=O) groups excluding carboxylic acids is 2. The van der Waals surface area contributed by atoms with Crippen molar-refractivity contribution in [2.45, 2.75) is 39.0 Å². The zero-order valence-corrected chi connectivity index (χ0v) is 21.0. The number of furan rings is 1. The summed E-state index contributed by atoms with van der Waals surface area (Å²) in [6.45, 7) is 4.69. The van der Waals surface area contributed by atoms with Crippen molar-refractivity contribution in [3.05, 3.63) is 125 Å². The molecule has 4 aromatic rings. The van der Waals surface area contributed by atoms with Gasteiger partial charge < -0.3 is 19.4 Å². The van der Waals surface area contributed by atoms with Gasteiger partial charge in [0.2, 0.25) is 0 Å². The van der Waals surface area contributed by atoms with Gasteiger partial charge in [0.05, 0.1) is 18.8 Å². The van der Waals surface area contributed by atoms with Crippen LogP contribution >= 0.6 is 0 Å². The standard InChI is InChI=1S/C31H30N2O4/c1-21-8-6-11-25(18-21)29-28-19-26(37-22(2)30(34)32-20-27-12-7-17-36-27)14-13-23(28)15-16-33(29)31(35)24-9-4-3-5-10-24/h3-14,17-19,22,29H,15-16,20H2,1-2H3,(H,32,34). The summed E-state index contributed by atoms with van der Waals surface area (Å²) >= 11 is 0. The summed E-state index contributed by atoms with van der Waals surface area (Å²) in [6, 6.07) is 26.9. The van der Waals surface area contributed by atoms with Gasteiger partial charge in [0.15, 0.2) is 6.10 Å². The highest BCUT2D eigenvalue weighted by molar-refractivity contribution is 5.95. The fourth-order valence-electron chi connectivity index (χ4n) is 4.82. The van der Waals surface area contributed by atoms with E-state index in [1.54, 1.807) is 19.3 Å². The van der Waals surface area contributed by atoms with Crippen LogP contribution in [-0.2, 0) is 17.8 Å². The number of fused-ring (bicyclic) bond motifs is 1. The largest absolute Gasteiger partial charge is 0.481 e. The molecule has 0 aliphatic carbocycles. The molecule has 5 rings (SSSR count). The Morgan fingerprint density at radius 2 is 1.86 bits per heavy atom. The summed E-state index contributed by atoms with van der Waals surface area (Å²) in [5.74, 6) is 1.03. The number of carbonyl (C=O) groups is 2. The van der Waals surface area contributed by atoms with Crippen LogP contribution in [0.1, 0.15) is 51.3 Å². The van der Waals surface area contributed by atoms with Crippen molar-refractivity contribution in [1.82, 2.24) is 10.2 Å². The molecule has 0 spiro atoms. The maximum absolute atomic E-state index is 13.6. The number of rotatable bonds is 7. The van der Waals surface area contributed by atoms with Crippen molar-refractivity contribution in [3.63, 3.8) is 0 Å². The quantitative estimate of drug-likeness (QED) is 0.370. The Hall–Kier alpha value is -4.32. The van der Waals surface area contributed by atoms with Crippen LogP contribution in [0.4, 0.5) is 0 Å². The highest BCUT2D eigenvalue weighted by atomic mass is 16.5. The third kappa shape index (κ3) is 5.43. The smallest absolute Gasteiger partial charge is 0.261 e. The van der Waals surface area contributed by atoms with E-state index >= 15 is 0 Å². The summed E-state index contributed by atoms with van der Waals surface area (Å²) in [5.41, 5.74) is 5.03. The summed E-state index contributed by atoms with van der Waals surface area (Å²) in [7, 11) is 0. The summed E-state index contributed by atoms with van der Waals surface area (Å²) in [4.78, 5) is 28.2. The summed E-state index contributed by atoms with van der Waals surface area (Å²) < 4.78 is 11.3. The predicted octanol–water partition coefficient (Wildman–Crippen LogP) is 5.46. The minimum Gasteiger partial charge on any atom is -0.481 e. The van der Waals surface area contributed by atoms with Crippen LogP contribution in [0.3, 0.4) is 0 Å². The van der Waals surface area contributed by atoms with Crippen molar-refractivity contribution in [2.24, 2.45) is 0 Å². The van der Waals surface area contributed by atoms with E-state index in [4.69, 9.17) is 9.15 Å². The first kappa shape index (κ1) is 24.4. The van der Waals surface area contributed by atoms with Gasteiger partial charge in [0.1, 0.15) is 11.5 Å². The Labute approximate surface area is 216 Å². The SMILES string of the molecule is Cc1cccc(C2c3cc(OC(C)C(=O)NCc4ccco4)ccc3CCN2C(=O)c2ccccc2)c1. The average Bonchev–Trinajstić information content (AvgIpc) is 3.45. The van der Waals surface area contributed by atoms with Crippen LogP contribution in [0, 0.1) is 6.92 Å². The van der Waals surface area contributed by atoms with E-state index in [9.17, 15) is 9.59 Å². The Balaban J connectivity index is 1.43. The highest BCUT2D eigenvalue weighted by Gasteiger charge is 2.33. The first-order valence-corrected chi connectivity index (χ1v) is 12.5. The fraction of sp³-hybridized carbons (Fsp3) is 0.226. The molecule has 0 radical (unpaired) electrons. The topological polar surface area (TPSA) is 71.8 Å². The molecule has 0 bridgehead atoms. The lowest BCUT2D eigenvalue weighted by Gasteiger charge is -2.38. The highest BCUT2D eigenvalue weighted by Crippen LogP contribution is 2.38. The molecule has 1 aliphatic heterocycles. The third-order valence-corrected chi connectivity index (χ3v) is 6.68. The molecule has 1 N–H and O–H groups in total. The second-order valence-electron chi connectivity index (χ2n) is 9.35. The number of amides is 2. The molecule has 0 saturated heterocycles. The van der Waals surface area contributed by atoms with Gasteiger partial charge in [-0.2, -0.15) is 0 Å². The molecule has 2 atom stereocenters. The Bertz CT molecular complexity index is 1380. The molecule has 2 heterocycles. The molecular weight excluding hydrogens is 464 g/mol. The van der Waals surface area contributed by atoms with Gasteiger partial charge >= 0.3 is 0 Å². The van der Waals surface area contributed by atoms with E-state index in [2.05, 4.69) is 30.4 Å². The molecule has 2 unspecified atom stereocenters. The maximum atomic E-state index is 13.6. The number of hydrogen-bond acceptors (Lipinski definition) is 4. The molecule has 0 fully saturated rings. The molecule has 37 heavy (non-hydrogen) atoms. The molecule has 0 saturated carbocycles. The van der Waals surface area contributed by atoms with Crippen LogP contribution in [0.15, 0.2) is 95.6 Å². The zero-order chi connectivity index (χ0) is 25.8. The first-order chi connectivity index (χ1) is 18.0. The number of nitrogens with zero attached hydrogens (tertiary/aromatic N) is 1. The molecule has 1 aliphatic rings. The first-order valence-electron chi connectivity index (χ1n) is 12.5. The normalized spacial score (nSPS) is 15.5. The third-order valence-electron chi connectivity index (χ3n) is 6.68. The second-order valence-corrected chi connectivity index (χ2v) is 9.35. The monoisotopic (exact) mass is 494 g/mol. The number of nitrogens with one attached hydrogen (secondary N) is 1. The van der Waals surface area contributed by atoms with E-state index < -0.39 is 6.10 Å². The van der Waals surface area contributed by atoms with E-state index in [1.165, 1.54) is 5.56 Å². The van der Waals surface area contributed by atoms with E-state index in [0.29, 0.717) is 30.2 Å². The average molecular weight is 495 g/mol. The Morgan fingerprint density at radius 3 is 2.62 bits per heavy atom. The van der Waals surface area contributed by atoms with Crippen molar-refractivity contribution in [2.75, 3.05) is 6.54 Å². The van der Waals surface area contributed by atoms with Gasteiger partial charge in [-0.1, -0.05) is 54.1 Å². The van der Waals surface area contributed by atoms with E-state index in [0.717, 1.165) is 23.1 Å². The lowest BCUT2D eigenvalue weighted by atomic mass is 9.87. The van der Waals surface area contributed by atoms with Crippen LogP contribution in [0.2, 0.25) is 0 Å². The summed E-state index contributed by atoms with van der Waals surface area (Å²) in [6.07, 6.45) is 1.62. The minimum atomic E-state index is -0.698. The minimum absolute atomic E-state index is 0.00486. The summed E-state index contributed by atoms with van der Waals surface area (Å²) in [5, 5.41) is 2.84. The van der Waals surface area contributed by atoms with Crippen molar-refractivity contribution >= 4 is 11.8 Å². The van der Waals surface area contributed by atoms with Gasteiger partial charge in [-0.05, 0) is 73.4 Å². The number of ether oxygens (including phenoxy) is 1. The molecule has 1 aromatic heterocycles. The van der Waals surface area contributed by atoms with Gasteiger partial charge in [0, 0.05) is 12.1 Å². The molecule has 6 nitrogen and oxygen atoms in total. The molecule has 3 aromatic carbocycles. The van der Waals surface area contributed by atoms with Crippen molar-refractivity contribution in [1.29, 1.82) is 0 Å². The van der Waals surface area contributed by atoms with Crippen LogP contribution in [-0.4, -0.2) is 29.4 Å². The van der Waals surface area contributed by atoms with Crippen molar-refractivity contribution < 1.29 is 18.7 Å². The lowest BCUT2D eigenvalue weighted by Crippen LogP contribution is -2.40. The van der Waals surface area contributed by atoms with Gasteiger partial charge in [-0.3, -0.25) is 9.59 Å². The second kappa shape index (κ2) is 10.7. The predicted molar refractivity (Wildman–Crippen MR) is 141 cm³/mol. The lowest BCUT2D eigenvalue weighted by molar-refractivity contribution is -0.127. The van der Waals surface area contributed by atoms with Gasteiger partial charge in [0.25, 0.3) is 11.8 Å². The molecule has 6 heteroatoms.